The van der Waals surface area contributed by atoms with Crippen LogP contribution in [-0.2, 0) is 13.0 Å². The van der Waals surface area contributed by atoms with E-state index in [9.17, 15) is 8.78 Å². The number of halogens is 3. The maximum absolute atomic E-state index is 13.6. The van der Waals surface area contributed by atoms with Gasteiger partial charge in [0, 0.05) is 29.1 Å². The molecule has 0 amide bonds. The Morgan fingerprint density at radius 3 is 2.95 bits per heavy atom. The summed E-state index contributed by atoms with van der Waals surface area (Å²) >= 11 is 5.30. The minimum atomic E-state index is -0.534. The van der Waals surface area contributed by atoms with Crippen LogP contribution in [0.2, 0.25) is 0 Å². The summed E-state index contributed by atoms with van der Waals surface area (Å²) in [4.78, 5) is 1.40. The molecule has 0 spiro atoms. The van der Waals surface area contributed by atoms with E-state index in [1.807, 2.05) is 0 Å². The fourth-order valence-electron chi connectivity index (χ4n) is 2.63. The molecule has 20 heavy (non-hydrogen) atoms. The zero-order valence-electron chi connectivity index (χ0n) is 10.8. The molecule has 1 N–H and O–H groups in total. The van der Waals surface area contributed by atoms with Gasteiger partial charge in [0.2, 0.25) is 0 Å². The van der Waals surface area contributed by atoms with Crippen molar-refractivity contribution in [2.24, 2.45) is 0 Å². The first-order chi connectivity index (χ1) is 9.63. The monoisotopic (exact) mass is 357 g/mol. The van der Waals surface area contributed by atoms with Crippen LogP contribution < -0.4 is 5.32 Å². The van der Waals surface area contributed by atoms with Crippen molar-refractivity contribution in [2.75, 3.05) is 0 Å². The number of fused-ring (bicyclic) bond motifs is 1. The Bertz CT molecular complexity index is 626. The normalized spacial score (nSPS) is 18.1. The third kappa shape index (κ3) is 2.95. The minimum Gasteiger partial charge on any atom is -0.306 e. The number of thiophene rings is 1. The molecule has 3 rings (SSSR count). The molecule has 1 heterocycles. The first-order valence-corrected chi connectivity index (χ1v) is 8.20. The highest BCUT2D eigenvalue weighted by molar-refractivity contribution is 9.11. The number of benzene rings is 1. The molecule has 1 atom stereocenters. The van der Waals surface area contributed by atoms with E-state index >= 15 is 0 Å². The molecule has 0 saturated heterocycles. The predicted octanol–water partition coefficient (Wildman–Crippen LogP) is 4.96. The zero-order chi connectivity index (χ0) is 14.1. The lowest BCUT2D eigenvalue weighted by Gasteiger charge is -2.23. The first-order valence-electron chi connectivity index (χ1n) is 6.59. The summed E-state index contributed by atoms with van der Waals surface area (Å²) < 4.78 is 27.6. The lowest BCUT2D eigenvalue weighted by molar-refractivity contribution is 0.455. The number of hydrogen-bond acceptors (Lipinski definition) is 2. The average molecular weight is 358 g/mol. The standard InChI is InChI=1S/C15H14BrF2NS/c16-15-7-11-13(2-1-3-14(11)20-15)19-8-9-4-5-10(17)6-12(9)18/h4-7,13,19H,1-3,8H2. The summed E-state index contributed by atoms with van der Waals surface area (Å²) in [7, 11) is 0. The van der Waals surface area contributed by atoms with Crippen LogP contribution in [0.15, 0.2) is 28.1 Å². The number of nitrogens with one attached hydrogen (secondary N) is 1. The second-order valence-electron chi connectivity index (χ2n) is 4.99. The summed E-state index contributed by atoms with van der Waals surface area (Å²) in [5.74, 6) is -1.02. The van der Waals surface area contributed by atoms with E-state index in [0.29, 0.717) is 12.1 Å². The maximum Gasteiger partial charge on any atom is 0.130 e. The van der Waals surface area contributed by atoms with Gasteiger partial charge in [0.15, 0.2) is 0 Å². The molecule has 2 aromatic rings. The van der Waals surface area contributed by atoms with Crippen molar-refractivity contribution in [3.8, 4) is 0 Å². The van der Waals surface area contributed by atoms with E-state index < -0.39 is 11.6 Å². The van der Waals surface area contributed by atoms with E-state index in [1.165, 1.54) is 22.6 Å². The van der Waals surface area contributed by atoms with E-state index in [4.69, 9.17) is 0 Å². The molecule has 1 aliphatic rings. The molecule has 0 radical (unpaired) electrons. The van der Waals surface area contributed by atoms with Crippen LogP contribution >= 0.6 is 27.3 Å². The first kappa shape index (κ1) is 14.2. The van der Waals surface area contributed by atoms with Crippen molar-refractivity contribution in [2.45, 2.75) is 31.8 Å². The minimum absolute atomic E-state index is 0.255. The van der Waals surface area contributed by atoms with Gasteiger partial charge in [-0.15, -0.1) is 11.3 Å². The Morgan fingerprint density at radius 1 is 1.30 bits per heavy atom. The van der Waals surface area contributed by atoms with Gasteiger partial charge in [-0.1, -0.05) is 6.07 Å². The third-order valence-corrected chi connectivity index (χ3v) is 5.35. The largest absolute Gasteiger partial charge is 0.306 e. The van der Waals surface area contributed by atoms with Crippen LogP contribution in [0, 0.1) is 11.6 Å². The summed E-state index contributed by atoms with van der Waals surface area (Å²) in [6, 6.07) is 6.15. The number of hydrogen-bond donors (Lipinski definition) is 1. The van der Waals surface area contributed by atoms with E-state index in [2.05, 4.69) is 27.3 Å². The van der Waals surface area contributed by atoms with Gasteiger partial charge in [-0.25, -0.2) is 8.78 Å². The quantitative estimate of drug-likeness (QED) is 0.818. The van der Waals surface area contributed by atoms with Crippen LogP contribution in [0.1, 0.15) is 34.9 Å². The summed E-state index contributed by atoms with van der Waals surface area (Å²) in [5, 5.41) is 3.39. The molecule has 1 aliphatic carbocycles. The summed E-state index contributed by atoms with van der Waals surface area (Å²) in [5.41, 5.74) is 1.82. The molecule has 0 bridgehead atoms. The highest BCUT2D eigenvalue weighted by Gasteiger charge is 2.22. The van der Waals surface area contributed by atoms with Crippen LogP contribution in [-0.4, -0.2) is 0 Å². The van der Waals surface area contributed by atoms with E-state index in [1.54, 1.807) is 11.3 Å². The second kappa shape index (κ2) is 5.92. The zero-order valence-corrected chi connectivity index (χ0v) is 13.2. The van der Waals surface area contributed by atoms with Crippen molar-refractivity contribution < 1.29 is 8.78 Å². The molecule has 1 unspecified atom stereocenters. The van der Waals surface area contributed by atoms with Gasteiger partial charge in [-0.05, 0) is 52.9 Å². The molecule has 0 saturated carbocycles. The predicted molar refractivity (Wildman–Crippen MR) is 80.9 cm³/mol. The van der Waals surface area contributed by atoms with Gasteiger partial charge >= 0.3 is 0 Å². The van der Waals surface area contributed by atoms with Gasteiger partial charge in [-0.3, -0.25) is 0 Å². The Hall–Kier alpha value is -0.780. The van der Waals surface area contributed by atoms with Crippen molar-refractivity contribution in [3.05, 3.63) is 55.7 Å². The van der Waals surface area contributed by atoms with Crippen LogP contribution in [0.25, 0.3) is 0 Å². The van der Waals surface area contributed by atoms with Gasteiger partial charge < -0.3 is 5.32 Å². The van der Waals surface area contributed by atoms with Crippen molar-refractivity contribution >= 4 is 27.3 Å². The molecule has 1 aromatic heterocycles. The second-order valence-corrected chi connectivity index (χ2v) is 7.51. The fourth-order valence-corrected chi connectivity index (χ4v) is 4.45. The van der Waals surface area contributed by atoms with E-state index in [-0.39, 0.29) is 6.04 Å². The molecule has 1 nitrogen and oxygen atoms in total. The molecular weight excluding hydrogens is 344 g/mol. The maximum atomic E-state index is 13.6. The summed E-state index contributed by atoms with van der Waals surface area (Å²) in [6.07, 6.45) is 3.32. The van der Waals surface area contributed by atoms with Gasteiger partial charge in [0.05, 0.1) is 3.79 Å². The average Bonchev–Trinajstić information content (AvgIpc) is 2.78. The van der Waals surface area contributed by atoms with Gasteiger partial charge in [0.1, 0.15) is 11.6 Å². The Morgan fingerprint density at radius 2 is 2.15 bits per heavy atom. The van der Waals surface area contributed by atoms with Crippen molar-refractivity contribution in [3.63, 3.8) is 0 Å². The molecule has 0 aliphatic heterocycles. The van der Waals surface area contributed by atoms with Gasteiger partial charge in [0.25, 0.3) is 0 Å². The van der Waals surface area contributed by atoms with Crippen LogP contribution in [0.5, 0.6) is 0 Å². The number of rotatable bonds is 3. The fraction of sp³-hybridized carbons (Fsp3) is 0.333. The molecule has 1 aromatic carbocycles. The molecule has 5 heteroatoms. The Labute approximate surface area is 129 Å². The van der Waals surface area contributed by atoms with Gasteiger partial charge in [-0.2, -0.15) is 0 Å². The van der Waals surface area contributed by atoms with Crippen LogP contribution in [0.3, 0.4) is 0 Å². The third-order valence-electron chi connectivity index (χ3n) is 3.64. The summed E-state index contributed by atoms with van der Waals surface area (Å²) in [6.45, 7) is 0.420. The SMILES string of the molecule is Fc1ccc(CNC2CCCc3sc(Br)cc32)c(F)c1. The lowest BCUT2D eigenvalue weighted by Crippen LogP contribution is -2.24. The highest BCUT2D eigenvalue weighted by atomic mass is 79.9. The molecule has 106 valence electrons. The van der Waals surface area contributed by atoms with E-state index in [0.717, 1.165) is 29.1 Å². The number of aryl methyl sites for hydroxylation is 1. The smallest absolute Gasteiger partial charge is 0.130 e. The van der Waals surface area contributed by atoms with Crippen LogP contribution in [0.4, 0.5) is 8.78 Å². The van der Waals surface area contributed by atoms with Crippen molar-refractivity contribution in [1.29, 1.82) is 0 Å². The lowest BCUT2D eigenvalue weighted by atomic mass is 9.94. The molecular formula is C15H14BrF2NS. The Kier molecular flexibility index (Phi) is 4.19. The van der Waals surface area contributed by atoms with Crippen molar-refractivity contribution in [1.82, 2.24) is 5.32 Å². The topological polar surface area (TPSA) is 12.0 Å². The molecule has 0 fully saturated rings. The highest BCUT2D eigenvalue weighted by Crippen LogP contribution is 2.38. The Balaban J connectivity index is 1.73.